The molecule has 0 saturated carbocycles. The molecule has 6 nitrogen and oxygen atoms in total. The summed E-state index contributed by atoms with van der Waals surface area (Å²) in [4.78, 5) is 23.1. The van der Waals surface area contributed by atoms with Crippen molar-refractivity contribution in [3.05, 3.63) is 29.3 Å². The highest BCUT2D eigenvalue weighted by Gasteiger charge is 2.17. The molecule has 0 aliphatic rings. The summed E-state index contributed by atoms with van der Waals surface area (Å²) in [5.74, 6) is -0.793. The molecule has 1 atom stereocenters. The Bertz CT molecular complexity index is 543. The molecule has 0 fully saturated rings. The van der Waals surface area contributed by atoms with Gasteiger partial charge in [-0.3, -0.25) is 9.59 Å². The van der Waals surface area contributed by atoms with E-state index in [1.54, 1.807) is 45.0 Å². The maximum absolute atomic E-state index is 11.6. The van der Waals surface area contributed by atoms with E-state index in [1.807, 2.05) is 0 Å². The van der Waals surface area contributed by atoms with E-state index < -0.39 is 11.8 Å². The zero-order valence-electron chi connectivity index (χ0n) is 12.8. The minimum Gasteiger partial charge on any atom is -0.484 e. The molecule has 0 saturated heterocycles. The average molecular weight is 327 g/mol. The van der Waals surface area contributed by atoms with Crippen LogP contribution in [0, 0.1) is 5.92 Å². The topological polar surface area (TPSA) is 77.0 Å². The molecule has 1 amide bonds. The van der Waals surface area contributed by atoms with Crippen LogP contribution < -0.4 is 10.2 Å². The third-order valence-corrected chi connectivity index (χ3v) is 3.06. The summed E-state index contributed by atoms with van der Waals surface area (Å²) in [6.45, 7) is 5.14. The van der Waals surface area contributed by atoms with E-state index in [0.717, 1.165) is 0 Å². The lowest BCUT2D eigenvalue weighted by molar-refractivity contribution is -0.145. The lowest BCUT2D eigenvalue weighted by atomic mass is 10.1. The third-order valence-electron chi connectivity index (χ3n) is 2.81. The van der Waals surface area contributed by atoms with E-state index >= 15 is 0 Å². The fourth-order valence-electron chi connectivity index (χ4n) is 1.40. The molecule has 1 N–H and O–H groups in total. The van der Waals surface area contributed by atoms with Crippen LogP contribution in [-0.4, -0.2) is 30.8 Å². The number of hydrazone groups is 1. The first-order valence-corrected chi connectivity index (χ1v) is 7.19. The summed E-state index contributed by atoms with van der Waals surface area (Å²) in [5, 5.41) is 4.46. The Kier molecular flexibility index (Phi) is 7.39. The van der Waals surface area contributed by atoms with Crippen LogP contribution >= 0.6 is 11.6 Å². The van der Waals surface area contributed by atoms with Gasteiger partial charge in [0, 0.05) is 10.7 Å². The van der Waals surface area contributed by atoms with Crippen molar-refractivity contribution in [1.29, 1.82) is 0 Å². The number of carbonyl (C=O) groups excluding carboxylic acids is 2. The summed E-state index contributed by atoms with van der Waals surface area (Å²) in [6.07, 6.45) is 0. The molecule has 1 aromatic rings. The highest BCUT2D eigenvalue weighted by molar-refractivity contribution is 6.30. The Balaban J connectivity index is 2.42. The highest BCUT2D eigenvalue weighted by atomic mass is 35.5. The van der Waals surface area contributed by atoms with Crippen molar-refractivity contribution in [1.82, 2.24) is 5.43 Å². The lowest BCUT2D eigenvalue weighted by Crippen LogP contribution is -2.28. The number of ether oxygens (including phenoxy) is 2. The van der Waals surface area contributed by atoms with Crippen molar-refractivity contribution < 1.29 is 19.1 Å². The Hall–Kier alpha value is -2.08. The number of benzene rings is 1. The Labute approximate surface area is 134 Å². The van der Waals surface area contributed by atoms with E-state index in [1.165, 1.54) is 0 Å². The molecule has 0 bridgehead atoms. The summed E-state index contributed by atoms with van der Waals surface area (Å²) in [6, 6.07) is 6.65. The van der Waals surface area contributed by atoms with Crippen LogP contribution in [0.15, 0.2) is 29.4 Å². The van der Waals surface area contributed by atoms with Gasteiger partial charge in [-0.1, -0.05) is 11.6 Å². The van der Waals surface area contributed by atoms with Gasteiger partial charge in [-0.15, -0.1) is 0 Å². The van der Waals surface area contributed by atoms with E-state index in [-0.39, 0.29) is 12.6 Å². The summed E-state index contributed by atoms with van der Waals surface area (Å²) in [5.41, 5.74) is 2.79. The van der Waals surface area contributed by atoms with Gasteiger partial charge in [0.2, 0.25) is 0 Å². The molecule has 0 radical (unpaired) electrons. The molecule has 0 heterocycles. The Morgan fingerprint density at radius 1 is 1.32 bits per heavy atom. The first-order valence-electron chi connectivity index (χ1n) is 6.82. The van der Waals surface area contributed by atoms with Gasteiger partial charge in [-0.2, -0.15) is 5.10 Å². The van der Waals surface area contributed by atoms with E-state index in [4.69, 9.17) is 21.1 Å². The van der Waals surface area contributed by atoms with Crippen LogP contribution in [0.1, 0.15) is 20.8 Å². The largest absolute Gasteiger partial charge is 0.484 e. The van der Waals surface area contributed by atoms with Gasteiger partial charge in [0.25, 0.3) is 5.91 Å². The average Bonchev–Trinajstić information content (AvgIpc) is 2.51. The highest BCUT2D eigenvalue weighted by Crippen LogP contribution is 2.15. The minimum absolute atomic E-state index is 0.188. The number of nitrogens with one attached hydrogen (secondary N) is 1. The summed E-state index contributed by atoms with van der Waals surface area (Å²) < 4.78 is 10.1. The van der Waals surface area contributed by atoms with Crippen LogP contribution in [0.3, 0.4) is 0 Å². The second-order valence-corrected chi connectivity index (χ2v) is 4.94. The first-order chi connectivity index (χ1) is 10.4. The predicted molar refractivity (Wildman–Crippen MR) is 84.0 cm³/mol. The number of carbonyl (C=O) groups is 2. The molecule has 0 aliphatic heterocycles. The van der Waals surface area contributed by atoms with Crippen LogP contribution in [-0.2, 0) is 14.3 Å². The standard InChI is InChI=1S/C15H19ClN2O4/c1-4-21-15(20)10(2)11(3)17-18-14(19)9-22-13-7-5-12(16)6-8-13/h5-8,10H,4,9H2,1-3H3,(H,18,19)/b17-11+/t10-/m0/s1. The number of hydrogen-bond acceptors (Lipinski definition) is 5. The zero-order valence-corrected chi connectivity index (χ0v) is 13.5. The number of amides is 1. The Morgan fingerprint density at radius 3 is 2.55 bits per heavy atom. The van der Waals surface area contributed by atoms with Crippen molar-refractivity contribution in [3.63, 3.8) is 0 Å². The maximum Gasteiger partial charge on any atom is 0.314 e. The van der Waals surface area contributed by atoms with Gasteiger partial charge < -0.3 is 9.47 Å². The molecular weight excluding hydrogens is 308 g/mol. The normalized spacial score (nSPS) is 12.5. The predicted octanol–water partition coefficient (Wildman–Crippen LogP) is 2.41. The van der Waals surface area contributed by atoms with Crippen molar-refractivity contribution >= 4 is 29.2 Å². The Morgan fingerprint density at radius 2 is 1.95 bits per heavy atom. The number of hydrogen-bond donors (Lipinski definition) is 1. The van der Waals surface area contributed by atoms with Crippen molar-refractivity contribution in [2.75, 3.05) is 13.2 Å². The van der Waals surface area contributed by atoms with Gasteiger partial charge in [0.05, 0.1) is 12.5 Å². The zero-order chi connectivity index (χ0) is 16.5. The smallest absolute Gasteiger partial charge is 0.314 e. The van der Waals surface area contributed by atoms with Gasteiger partial charge in [0.1, 0.15) is 5.75 Å². The van der Waals surface area contributed by atoms with E-state index in [0.29, 0.717) is 23.1 Å². The van der Waals surface area contributed by atoms with Gasteiger partial charge >= 0.3 is 5.97 Å². The molecular formula is C15H19ClN2O4. The quantitative estimate of drug-likeness (QED) is 0.474. The van der Waals surface area contributed by atoms with Crippen molar-refractivity contribution in [2.24, 2.45) is 11.0 Å². The summed E-state index contributed by atoms with van der Waals surface area (Å²) in [7, 11) is 0. The molecule has 0 aliphatic carbocycles. The van der Waals surface area contributed by atoms with Crippen LogP contribution in [0.2, 0.25) is 5.02 Å². The molecule has 22 heavy (non-hydrogen) atoms. The van der Waals surface area contributed by atoms with Crippen molar-refractivity contribution in [2.45, 2.75) is 20.8 Å². The number of esters is 1. The molecule has 0 unspecified atom stereocenters. The van der Waals surface area contributed by atoms with Crippen LogP contribution in [0.4, 0.5) is 0 Å². The van der Waals surface area contributed by atoms with Crippen LogP contribution in [0.5, 0.6) is 5.75 Å². The molecule has 1 rings (SSSR count). The number of halogens is 1. The first kappa shape index (κ1) is 18.0. The lowest BCUT2D eigenvalue weighted by Gasteiger charge is -2.10. The van der Waals surface area contributed by atoms with Gasteiger partial charge in [-0.25, -0.2) is 5.43 Å². The maximum atomic E-state index is 11.6. The molecule has 0 spiro atoms. The molecule has 120 valence electrons. The van der Waals surface area contributed by atoms with E-state index in [9.17, 15) is 9.59 Å². The fourth-order valence-corrected chi connectivity index (χ4v) is 1.52. The molecule has 1 aromatic carbocycles. The minimum atomic E-state index is -0.516. The third kappa shape index (κ3) is 6.13. The van der Waals surface area contributed by atoms with Gasteiger partial charge in [0.15, 0.2) is 6.61 Å². The molecule has 7 heteroatoms. The fraction of sp³-hybridized carbons (Fsp3) is 0.400. The van der Waals surface area contributed by atoms with Crippen molar-refractivity contribution in [3.8, 4) is 5.75 Å². The molecule has 0 aromatic heterocycles. The second-order valence-electron chi connectivity index (χ2n) is 4.50. The number of rotatable bonds is 7. The van der Waals surface area contributed by atoms with Crippen LogP contribution in [0.25, 0.3) is 0 Å². The monoisotopic (exact) mass is 326 g/mol. The van der Waals surface area contributed by atoms with E-state index in [2.05, 4.69) is 10.5 Å². The number of nitrogens with zero attached hydrogens (tertiary/aromatic N) is 1. The second kappa shape index (κ2) is 9.04. The van der Waals surface area contributed by atoms with Gasteiger partial charge in [-0.05, 0) is 45.0 Å². The SMILES string of the molecule is CCOC(=O)[C@@H](C)/C(C)=N/NC(=O)COc1ccc(Cl)cc1. The summed E-state index contributed by atoms with van der Waals surface area (Å²) >= 11 is 5.75.